The zero-order chi connectivity index (χ0) is 14.6. The van der Waals surface area contributed by atoms with Gasteiger partial charge in [0.15, 0.2) is 5.65 Å². The zero-order valence-corrected chi connectivity index (χ0v) is 13.6. The second-order valence-corrected chi connectivity index (χ2v) is 7.72. The smallest absolute Gasteiger partial charge is 0.160 e. The van der Waals surface area contributed by atoms with E-state index < -0.39 is 0 Å². The van der Waals surface area contributed by atoms with E-state index in [-0.39, 0.29) is 5.38 Å². The molecule has 0 aliphatic heterocycles. The molecule has 4 atom stereocenters. The Kier molecular flexibility index (Phi) is 3.38. The average Bonchev–Trinajstić information content (AvgIpc) is 3.12. The monoisotopic (exact) mass is 323 g/mol. The van der Waals surface area contributed by atoms with Gasteiger partial charge in [-0.25, -0.2) is 9.97 Å². The number of halogens is 2. The van der Waals surface area contributed by atoms with Gasteiger partial charge in [0.05, 0.1) is 10.4 Å². The van der Waals surface area contributed by atoms with Gasteiger partial charge in [-0.2, -0.15) is 0 Å². The minimum Gasteiger partial charge on any atom is -0.311 e. The lowest BCUT2D eigenvalue weighted by atomic mass is 9.89. The predicted molar refractivity (Wildman–Crippen MR) is 85.7 cm³/mol. The van der Waals surface area contributed by atoms with Crippen LogP contribution in [0.3, 0.4) is 0 Å². The fourth-order valence-corrected chi connectivity index (χ4v) is 4.64. The molecule has 0 radical (unpaired) electrons. The number of alkyl halides is 1. The highest BCUT2D eigenvalue weighted by Gasteiger charge is 2.40. The second kappa shape index (κ2) is 5.13. The van der Waals surface area contributed by atoms with Crippen LogP contribution in [0.4, 0.5) is 0 Å². The van der Waals surface area contributed by atoms with Crippen LogP contribution in [-0.2, 0) is 6.54 Å². The largest absolute Gasteiger partial charge is 0.311 e. The molecule has 3 nitrogen and oxygen atoms in total. The summed E-state index contributed by atoms with van der Waals surface area (Å²) >= 11 is 12.4. The highest BCUT2D eigenvalue weighted by atomic mass is 35.5. The molecule has 2 aromatic heterocycles. The molecule has 2 aliphatic carbocycles. The van der Waals surface area contributed by atoms with E-state index in [9.17, 15) is 0 Å². The summed E-state index contributed by atoms with van der Waals surface area (Å²) < 4.78 is 2.23. The molecule has 2 bridgehead atoms. The first-order valence-corrected chi connectivity index (χ1v) is 8.59. The molecule has 2 heterocycles. The number of hydrogen-bond donors (Lipinski definition) is 0. The molecular weight excluding hydrogens is 305 g/mol. The van der Waals surface area contributed by atoms with Crippen LogP contribution in [0, 0.1) is 17.8 Å². The Labute approximate surface area is 134 Å². The topological polar surface area (TPSA) is 30.7 Å². The van der Waals surface area contributed by atoms with Crippen LogP contribution in [0.5, 0.6) is 0 Å². The van der Waals surface area contributed by atoms with Gasteiger partial charge in [-0.3, -0.25) is 0 Å². The van der Waals surface area contributed by atoms with E-state index in [2.05, 4.69) is 14.5 Å². The maximum atomic E-state index is 6.34. The van der Waals surface area contributed by atoms with Crippen molar-refractivity contribution in [2.24, 2.45) is 17.8 Å². The molecule has 0 amide bonds. The van der Waals surface area contributed by atoms with E-state index in [1.165, 1.54) is 25.7 Å². The molecule has 2 fully saturated rings. The number of rotatable bonds is 3. The van der Waals surface area contributed by atoms with Crippen LogP contribution >= 0.6 is 23.2 Å². The van der Waals surface area contributed by atoms with E-state index in [4.69, 9.17) is 23.2 Å². The average molecular weight is 324 g/mol. The van der Waals surface area contributed by atoms with Gasteiger partial charge < -0.3 is 4.57 Å². The lowest BCUT2D eigenvalue weighted by Gasteiger charge is -2.23. The molecule has 0 N–H and O–H groups in total. The van der Waals surface area contributed by atoms with E-state index in [0.29, 0.717) is 5.02 Å². The second-order valence-electron chi connectivity index (χ2n) is 6.63. The summed E-state index contributed by atoms with van der Waals surface area (Å²) in [6.45, 7) is 2.97. The SMILES string of the molecule is CC(Cl)c1nc2cc(Cl)cnc2n1CC1CC2CCC1C2. The number of aromatic nitrogens is 3. The maximum Gasteiger partial charge on any atom is 0.160 e. The number of imidazole rings is 1. The first kappa shape index (κ1) is 13.8. The fourth-order valence-electron chi connectivity index (χ4n) is 4.32. The highest BCUT2D eigenvalue weighted by Crippen LogP contribution is 2.49. The van der Waals surface area contributed by atoms with Crippen molar-refractivity contribution in [1.82, 2.24) is 14.5 Å². The van der Waals surface area contributed by atoms with Crippen molar-refractivity contribution in [3.05, 3.63) is 23.1 Å². The highest BCUT2D eigenvalue weighted by molar-refractivity contribution is 6.31. The van der Waals surface area contributed by atoms with Crippen LogP contribution in [-0.4, -0.2) is 14.5 Å². The standard InChI is InChI=1S/C16H19Cl2N3/c1-9(17)15-20-14-6-13(18)7-19-16(14)21(15)8-12-5-10-2-3-11(12)4-10/h6-7,9-12H,2-5,8H2,1H3. The van der Waals surface area contributed by atoms with Gasteiger partial charge in [-0.05, 0) is 50.0 Å². The molecule has 4 unspecified atom stereocenters. The Morgan fingerprint density at radius 2 is 2.24 bits per heavy atom. The van der Waals surface area contributed by atoms with Crippen molar-refractivity contribution in [3.8, 4) is 0 Å². The zero-order valence-electron chi connectivity index (χ0n) is 12.1. The van der Waals surface area contributed by atoms with Crippen molar-refractivity contribution in [2.45, 2.75) is 44.5 Å². The van der Waals surface area contributed by atoms with Crippen LogP contribution in [0.25, 0.3) is 11.2 Å². The van der Waals surface area contributed by atoms with Gasteiger partial charge in [0, 0.05) is 12.7 Å². The Bertz CT molecular complexity index is 679. The van der Waals surface area contributed by atoms with Gasteiger partial charge in [-0.15, -0.1) is 11.6 Å². The number of nitrogens with zero attached hydrogens (tertiary/aromatic N) is 3. The predicted octanol–water partition coefficient (Wildman–Crippen LogP) is 4.82. The summed E-state index contributed by atoms with van der Waals surface area (Å²) in [4.78, 5) is 9.16. The minimum atomic E-state index is -0.114. The summed E-state index contributed by atoms with van der Waals surface area (Å²) in [5.74, 6) is 3.52. The quantitative estimate of drug-likeness (QED) is 0.758. The van der Waals surface area contributed by atoms with Crippen molar-refractivity contribution in [2.75, 3.05) is 0 Å². The fraction of sp³-hybridized carbons (Fsp3) is 0.625. The van der Waals surface area contributed by atoms with Crippen molar-refractivity contribution in [3.63, 3.8) is 0 Å². The first-order chi connectivity index (χ1) is 10.1. The Hall–Kier alpha value is -0.800. The first-order valence-electron chi connectivity index (χ1n) is 7.77. The number of fused-ring (bicyclic) bond motifs is 3. The summed E-state index contributed by atoms with van der Waals surface area (Å²) in [5, 5.41) is 0.511. The number of hydrogen-bond acceptors (Lipinski definition) is 2. The minimum absolute atomic E-state index is 0.114. The van der Waals surface area contributed by atoms with Gasteiger partial charge in [0.2, 0.25) is 0 Å². The van der Waals surface area contributed by atoms with Crippen LogP contribution in [0.2, 0.25) is 5.02 Å². The molecule has 0 saturated heterocycles. The van der Waals surface area contributed by atoms with Gasteiger partial charge in [-0.1, -0.05) is 18.0 Å². The van der Waals surface area contributed by atoms with E-state index in [1.807, 2.05) is 13.0 Å². The third-order valence-corrected chi connectivity index (χ3v) is 5.64. The lowest BCUT2D eigenvalue weighted by Crippen LogP contribution is -2.19. The van der Waals surface area contributed by atoms with E-state index in [1.54, 1.807) is 6.20 Å². The van der Waals surface area contributed by atoms with E-state index in [0.717, 1.165) is 41.3 Å². The van der Waals surface area contributed by atoms with Crippen LogP contribution in [0.15, 0.2) is 12.3 Å². The molecule has 2 aromatic rings. The Balaban J connectivity index is 1.73. The summed E-state index contributed by atoms with van der Waals surface area (Å²) in [5.41, 5.74) is 1.78. The third-order valence-electron chi connectivity index (χ3n) is 5.24. The van der Waals surface area contributed by atoms with E-state index >= 15 is 0 Å². The van der Waals surface area contributed by atoms with Gasteiger partial charge in [0.1, 0.15) is 11.3 Å². The van der Waals surface area contributed by atoms with Crippen molar-refractivity contribution >= 4 is 34.4 Å². The summed E-state index contributed by atoms with van der Waals surface area (Å²) in [6.07, 6.45) is 7.30. The Morgan fingerprint density at radius 3 is 2.90 bits per heavy atom. The molecule has 21 heavy (non-hydrogen) atoms. The molecule has 2 saturated carbocycles. The normalized spacial score (nSPS) is 29.4. The maximum absolute atomic E-state index is 6.34. The molecule has 4 rings (SSSR count). The molecule has 0 aromatic carbocycles. The van der Waals surface area contributed by atoms with Crippen molar-refractivity contribution in [1.29, 1.82) is 0 Å². The molecular formula is C16H19Cl2N3. The van der Waals surface area contributed by atoms with Gasteiger partial charge >= 0.3 is 0 Å². The van der Waals surface area contributed by atoms with Crippen molar-refractivity contribution < 1.29 is 0 Å². The lowest BCUT2D eigenvalue weighted by molar-refractivity contribution is 0.295. The Morgan fingerprint density at radius 1 is 1.38 bits per heavy atom. The molecule has 0 spiro atoms. The van der Waals surface area contributed by atoms with Crippen LogP contribution < -0.4 is 0 Å². The summed E-state index contributed by atoms with van der Waals surface area (Å²) in [7, 11) is 0. The van der Waals surface area contributed by atoms with Gasteiger partial charge in [0.25, 0.3) is 0 Å². The molecule has 112 valence electrons. The number of pyridine rings is 1. The molecule has 5 heteroatoms. The third kappa shape index (κ3) is 2.35. The molecule has 2 aliphatic rings. The summed E-state index contributed by atoms with van der Waals surface area (Å²) in [6, 6.07) is 1.88. The van der Waals surface area contributed by atoms with Crippen LogP contribution in [0.1, 0.15) is 43.8 Å².